The summed E-state index contributed by atoms with van der Waals surface area (Å²) in [6.45, 7) is 3.51. The fourth-order valence-electron chi connectivity index (χ4n) is 0.966. The highest BCUT2D eigenvalue weighted by molar-refractivity contribution is 7.72. The van der Waals surface area contributed by atoms with Crippen LogP contribution in [0.1, 0.15) is 5.56 Å². The van der Waals surface area contributed by atoms with Crippen molar-refractivity contribution in [2.45, 2.75) is 4.90 Å². The normalized spacial score (nSPS) is 10.8. The molecule has 0 heterocycles. The smallest absolute Gasteiger partial charge is 0.168 e. The van der Waals surface area contributed by atoms with Gasteiger partial charge in [0.15, 0.2) is 10.7 Å². The fraction of sp³-hybridized carbons (Fsp3) is 0. The molecule has 0 aromatic heterocycles. The van der Waals surface area contributed by atoms with Crippen molar-refractivity contribution in [2.24, 2.45) is 0 Å². The maximum Gasteiger partial charge on any atom is 0.168 e. The summed E-state index contributed by atoms with van der Waals surface area (Å²) in [5, 5.41) is 0. The summed E-state index contributed by atoms with van der Waals surface area (Å²) in [5.41, 5.74) is 0.693. The fourth-order valence-corrected chi connectivity index (χ4v) is 1.53. The van der Waals surface area contributed by atoms with Gasteiger partial charge in [0.05, 0.1) is 4.90 Å². The molecule has 0 spiro atoms. The third-order valence-electron chi connectivity index (χ3n) is 1.55. The SMILES string of the molecule is C=CC=Cc1ccccc1[SH](=O)=O. The van der Waals surface area contributed by atoms with Crippen LogP contribution in [0.3, 0.4) is 0 Å². The number of rotatable bonds is 3. The van der Waals surface area contributed by atoms with Crippen LogP contribution < -0.4 is 0 Å². The molecule has 0 aliphatic carbocycles. The Morgan fingerprint density at radius 3 is 2.54 bits per heavy atom. The van der Waals surface area contributed by atoms with Gasteiger partial charge in [-0.15, -0.1) is 0 Å². The van der Waals surface area contributed by atoms with Crippen LogP contribution in [0.25, 0.3) is 6.08 Å². The third kappa shape index (κ3) is 2.56. The summed E-state index contributed by atoms with van der Waals surface area (Å²) < 4.78 is 21.5. The zero-order valence-electron chi connectivity index (χ0n) is 7.01. The standard InChI is InChI=1S/C10H10O2S/c1-2-3-6-9-7-4-5-8-10(9)13(11)12/h2-8,13H,1H2. The molecule has 13 heavy (non-hydrogen) atoms. The van der Waals surface area contributed by atoms with Crippen molar-refractivity contribution in [1.29, 1.82) is 0 Å². The lowest BCUT2D eigenvalue weighted by Crippen LogP contribution is -1.84. The Morgan fingerprint density at radius 1 is 1.23 bits per heavy atom. The molecule has 3 heteroatoms. The number of hydrogen-bond acceptors (Lipinski definition) is 2. The van der Waals surface area contributed by atoms with Crippen molar-refractivity contribution in [2.75, 3.05) is 0 Å². The van der Waals surface area contributed by atoms with E-state index in [0.29, 0.717) is 10.5 Å². The first-order valence-electron chi connectivity index (χ1n) is 3.78. The first-order valence-corrected chi connectivity index (χ1v) is 4.96. The van der Waals surface area contributed by atoms with E-state index in [4.69, 9.17) is 0 Å². The highest BCUT2D eigenvalue weighted by Crippen LogP contribution is 2.11. The van der Waals surface area contributed by atoms with Gasteiger partial charge in [0.2, 0.25) is 0 Å². The van der Waals surface area contributed by atoms with E-state index in [-0.39, 0.29) is 0 Å². The molecular formula is C10H10O2S. The monoisotopic (exact) mass is 194 g/mol. The van der Waals surface area contributed by atoms with E-state index in [9.17, 15) is 8.42 Å². The minimum absolute atomic E-state index is 0.343. The number of hydrogen-bond donors (Lipinski definition) is 1. The molecule has 0 aliphatic heterocycles. The predicted molar refractivity (Wildman–Crippen MR) is 54.3 cm³/mol. The molecule has 0 N–H and O–H groups in total. The second-order valence-electron chi connectivity index (χ2n) is 2.41. The van der Waals surface area contributed by atoms with Crippen LogP contribution in [0.2, 0.25) is 0 Å². The van der Waals surface area contributed by atoms with Gasteiger partial charge in [-0.3, -0.25) is 0 Å². The van der Waals surface area contributed by atoms with E-state index in [0.717, 1.165) is 0 Å². The van der Waals surface area contributed by atoms with Crippen molar-refractivity contribution in [3.05, 3.63) is 48.6 Å². The molecule has 0 saturated carbocycles. The first kappa shape index (κ1) is 9.74. The van der Waals surface area contributed by atoms with Gasteiger partial charge in [0.25, 0.3) is 0 Å². The highest BCUT2D eigenvalue weighted by atomic mass is 32.2. The molecule has 1 rings (SSSR count). The topological polar surface area (TPSA) is 34.1 Å². The van der Waals surface area contributed by atoms with Crippen molar-refractivity contribution in [3.63, 3.8) is 0 Å². The summed E-state index contributed by atoms with van der Waals surface area (Å²) in [4.78, 5) is 0.343. The highest BCUT2D eigenvalue weighted by Gasteiger charge is 1.98. The van der Waals surface area contributed by atoms with Gasteiger partial charge in [0, 0.05) is 0 Å². The van der Waals surface area contributed by atoms with Gasteiger partial charge in [-0.25, -0.2) is 8.42 Å². The molecular weight excluding hydrogens is 184 g/mol. The van der Waals surface area contributed by atoms with E-state index >= 15 is 0 Å². The van der Waals surface area contributed by atoms with Crippen LogP contribution in [-0.2, 0) is 10.7 Å². The Labute approximate surface area is 79.2 Å². The number of thiol groups is 1. The van der Waals surface area contributed by atoms with Gasteiger partial charge < -0.3 is 0 Å². The summed E-state index contributed by atoms with van der Waals surface area (Å²) >= 11 is 0. The lowest BCUT2D eigenvalue weighted by molar-refractivity contribution is 0.614. The van der Waals surface area contributed by atoms with Gasteiger partial charge in [-0.1, -0.05) is 43.0 Å². The Morgan fingerprint density at radius 2 is 1.92 bits per heavy atom. The zero-order valence-corrected chi connectivity index (χ0v) is 7.91. The van der Waals surface area contributed by atoms with Crippen LogP contribution in [0.15, 0.2) is 47.9 Å². The van der Waals surface area contributed by atoms with E-state index in [1.165, 1.54) is 0 Å². The average Bonchev–Trinajstić information content (AvgIpc) is 2.15. The molecule has 0 unspecified atom stereocenters. The largest absolute Gasteiger partial charge is 0.227 e. The molecule has 1 aromatic rings. The van der Waals surface area contributed by atoms with Crippen LogP contribution in [0, 0.1) is 0 Å². The van der Waals surface area contributed by atoms with Crippen LogP contribution in [0.4, 0.5) is 0 Å². The second kappa shape index (κ2) is 4.62. The molecule has 0 atom stereocenters. The summed E-state index contributed by atoms with van der Waals surface area (Å²) in [6.07, 6.45) is 5.03. The van der Waals surface area contributed by atoms with Crippen molar-refractivity contribution in [1.82, 2.24) is 0 Å². The van der Waals surface area contributed by atoms with Crippen molar-refractivity contribution < 1.29 is 8.42 Å². The number of allylic oxidation sites excluding steroid dienone is 2. The Kier molecular flexibility index (Phi) is 3.46. The third-order valence-corrected chi connectivity index (χ3v) is 2.35. The lowest BCUT2D eigenvalue weighted by Gasteiger charge is -1.96. The minimum atomic E-state index is -2.52. The molecule has 68 valence electrons. The Balaban J connectivity index is 3.19. The van der Waals surface area contributed by atoms with Crippen molar-refractivity contribution >= 4 is 16.8 Å². The van der Waals surface area contributed by atoms with Crippen molar-refractivity contribution in [3.8, 4) is 0 Å². The molecule has 0 amide bonds. The van der Waals surface area contributed by atoms with Gasteiger partial charge in [0.1, 0.15) is 0 Å². The molecule has 0 aliphatic rings. The molecule has 2 nitrogen and oxygen atoms in total. The minimum Gasteiger partial charge on any atom is -0.227 e. The van der Waals surface area contributed by atoms with Gasteiger partial charge >= 0.3 is 0 Å². The summed E-state index contributed by atoms with van der Waals surface area (Å²) in [5.74, 6) is 0. The van der Waals surface area contributed by atoms with Gasteiger partial charge in [-0.05, 0) is 11.6 Å². The maximum atomic E-state index is 10.8. The predicted octanol–water partition coefficient (Wildman–Crippen LogP) is 1.86. The van der Waals surface area contributed by atoms with E-state index < -0.39 is 10.7 Å². The van der Waals surface area contributed by atoms with E-state index in [1.54, 1.807) is 42.5 Å². The van der Waals surface area contributed by atoms with E-state index in [1.807, 2.05) is 0 Å². The summed E-state index contributed by atoms with van der Waals surface area (Å²) in [6, 6.07) is 6.83. The molecule has 0 saturated heterocycles. The second-order valence-corrected chi connectivity index (χ2v) is 3.41. The Bertz CT molecular complexity index is 395. The Hall–Kier alpha value is -1.35. The molecule has 0 fully saturated rings. The van der Waals surface area contributed by atoms with Crippen LogP contribution in [-0.4, -0.2) is 8.42 Å². The maximum absolute atomic E-state index is 10.8. The van der Waals surface area contributed by atoms with Gasteiger partial charge in [-0.2, -0.15) is 0 Å². The molecule has 0 bridgehead atoms. The first-order chi connectivity index (χ1) is 6.25. The quantitative estimate of drug-likeness (QED) is 0.588. The average molecular weight is 194 g/mol. The molecule has 1 aromatic carbocycles. The van der Waals surface area contributed by atoms with Crippen LogP contribution >= 0.6 is 0 Å². The summed E-state index contributed by atoms with van der Waals surface area (Å²) in [7, 11) is -2.52. The molecule has 0 radical (unpaired) electrons. The lowest BCUT2D eigenvalue weighted by atomic mass is 10.2. The van der Waals surface area contributed by atoms with E-state index in [2.05, 4.69) is 6.58 Å². The number of benzene rings is 1. The zero-order chi connectivity index (χ0) is 9.68. The van der Waals surface area contributed by atoms with Crippen LogP contribution in [0.5, 0.6) is 0 Å².